The number of fused-ring (bicyclic) bond motifs is 1. The Kier molecular flexibility index (Phi) is 6.17. The van der Waals surface area contributed by atoms with Crippen LogP contribution in [0.15, 0.2) is 6.07 Å². The van der Waals surface area contributed by atoms with E-state index in [4.69, 9.17) is 15.6 Å². The fraction of sp³-hybridized carbons (Fsp3) is 0.650. The minimum atomic E-state index is -0.334. The fourth-order valence-electron chi connectivity index (χ4n) is 4.30. The molecule has 0 unspecified atom stereocenters. The molecule has 2 amide bonds. The summed E-state index contributed by atoms with van der Waals surface area (Å²) < 4.78 is 7.57. The Labute approximate surface area is 174 Å². The first-order chi connectivity index (χ1) is 14.0. The molecule has 0 spiro atoms. The molecule has 0 atom stereocenters. The third kappa shape index (κ3) is 4.62. The van der Waals surface area contributed by atoms with Crippen LogP contribution in [0.25, 0.3) is 10.2 Å². The van der Waals surface area contributed by atoms with Gasteiger partial charge in [-0.2, -0.15) is 5.10 Å². The monoisotopic (exact) mass is 419 g/mol. The molecule has 1 aliphatic carbocycles. The smallest absolute Gasteiger partial charge is 0.261 e. The van der Waals surface area contributed by atoms with Gasteiger partial charge in [-0.3, -0.25) is 14.3 Å². The van der Waals surface area contributed by atoms with E-state index < -0.39 is 0 Å². The molecule has 9 heteroatoms. The lowest BCUT2D eigenvalue weighted by atomic mass is 9.91. The molecule has 1 saturated carbocycles. The van der Waals surface area contributed by atoms with E-state index in [1.807, 2.05) is 13.0 Å². The number of primary amides is 1. The number of thiophene rings is 1. The third-order valence-electron chi connectivity index (χ3n) is 5.96. The summed E-state index contributed by atoms with van der Waals surface area (Å²) >= 11 is 1.53. The van der Waals surface area contributed by atoms with E-state index in [0.717, 1.165) is 72.5 Å². The van der Waals surface area contributed by atoms with Crippen LogP contribution in [0.1, 0.15) is 59.9 Å². The number of rotatable bonds is 6. The zero-order valence-corrected chi connectivity index (χ0v) is 17.6. The molecule has 0 bridgehead atoms. The summed E-state index contributed by atoms with van der Waals surface area (Å²) in [5.41, 5.74) is 6.16. The Hall–Kier alpha value is -1.97. The highest BCUT2D eigenvalue weighted by Crippen LogP contribution is 2.33. The van der Waals surface area contributed by atoms with Gasteiger partial charge in [0.15, 0.2) is 0 Å². The first kappa shape index (κ1) is 20.3. The van der Waals surface area contributed by atoms with Gasteiger partial charge in [0.2, 0.25) is 5.91 Å². The molecule has 8 nitrogen and oxygen atoms in total. The van der Waals surface area contributed by atoms with Gasteiger partial charge in [0.1, 0.15) is 4.83 Å². The largest absolute Gasteiger partial charge is 0.381 e. The van der Waals surface area contributed by atoms with Crippen LogP contribution in [0.4, 0.5) is 0 Å². The molecule has 2 fully saturated rings. The van der Waals surface area contributed by atoms with Gasteiger partial charge in [-0.15, -0.1) is 11.3 Å². The Bertz CT molecular complexity index is 878. The van der Waals surface area contributed by atoms with E-state index in [1.54, 1.807) is 0 Å². The topological polar surface area (TPSA) is 111 Å². The van der Waals surface area contributed by atoms with Crippen LogP contribution >= 0.6 is 11.3 Å². The maximum Gasteiger partial charge on any atom is 0.261 e. The second-order valence-corrected chi connectivity index (χ2v) is 9.10. The van der Waals surface area contributed by atoms with Crippen LogP contribution in [0.3, 0.4) is 0 Å². The number of nitrogens with zero attached hydrogens (tertiary/aromatic N) is 2. The van der Waals surface area contributed by atoms with Gasteiger partial charge >= 0.3 is 0 Å². The second-order valence-electron chi connectivity index (χ2n) is 8.07. The minimum absolute atomic E-state index is 0.00215. The Morgan fingerprint density at radius 3 is 2.59 bits per heavy atom. The van der Waals surface area contributed by atoms with Crippen molar-refractivity contribution in [3.63, 3.8) is 0 Å². The SMILES string of the molecule is Cc1nn(C2CCOCC2)c2sc(C(=O)N[C@H]3CC[C@@H](NCC(N)=O)CC3)cc12. The highest BCUT2D eigenvalue weighted by Gasteiger charge is 2.25. The van der Waals surface area contributed by atoms with Gasteiger partial charge in [-0.1, -0.05) is 0 Å². The molecule has 2 aromatic heterocycles. The normalized spacial score (nSPS) is 23.3. The second kappa shape index (κ2) is 8.81. The van der Waals surface area contributed by atoms with Crippen LogP contribution < -0.4 is 16.4 Å². The van der Waals surface area contributed by atoms with Crippen LogP contribution in [-0.2, 0) is 9.53 Å². The minimum Gasteiger partial charge on any atom is -0.381 e. The summed E-state index contributed by atoms with van der Waals surface area (Å²) in [5, 5.41) is 12.2. The van der Waals surface area contributed by atoms with Gasteiger partial charge in [-0.25, -0.2) is 0 Å². The predicted molar refractivity (Wildman–Crippen MR) is 112 cm³/mol. The number of nitrogens with two attached hydrogens (primary N) is 1. The Morgan fingerprint density at radius 2 is 1.90 bits per heavy atom. The van der Waals surface area contributed by atoms with Crippen molar-refractivity contribution in [2.45, 2.75) is 63.6 Å². The van der Waals surface area contributed by atoms with Crippen molar-refractivity contribution in [1.82, 2.24) is 20.4 Å². The summed E-state index contributed by atoms with van der Waals surface area (Å²) in [6, 6.07) is 2.80. The average Bonchev–Trinajstić information content (AvgIpc) is 3.29. The molecule has 158 valence electrons. The third-order valence-corrected chi connectivity index (χ3v) is 7.08. The number of carbonyl (C=O) groups is 2. The molecular weight excluding hydrogens is 390 g/mol. The highest BCUT2D eigenvalue weighted by molar-refractivity contribution is 7.20. The van der Waals surface area contributed by atoms with Crippen molar-refractivity contribution >= 4 is 33.4 Å². The molecule has 2 aliphatic rings. The summed E-state index contributed by atoms with van der Waals surface area (Å²) in [7, 11) is 0. The van der Waals surface area contributed by atoms with Crippen LogP contribution in [0, 0.1) is 6.92 Å². The zero-order valence-electron chi connectivity index (χ0n) is 16.8. The lowest BCUT2D eigenvalue weighted by Gasteiger charge is -2.29. The van der Waals surface area contributed by atoms with Gasteiger partial charge < -0.3 is 21.1 Å². The number of aromatic nitrogens is 2. The summed E-state index contributed by atoms with van der Waals surface area (Å²) in [6.07, 6.45) is 5.60. The fourth-order valence-corrected chi connectivity index (χ4v) is 5.44. The van der Waals surface area contributed by atoms with Crippen molar-refractivity contribution in [1.29, 1.82) is 0 Å². The number of amides is 2. The molecule has 0 radical (unpaired) electrons. The van der Waals surface area contributed by atoms with Crippen molar-refractivity contribution in [2.24, 2.45) is 5.73 Å². The van der Waals surface area contributed by atoms with Gasteiger partial charge in [0.25, 0.3) is 5.91 Å². The number of hydrogen-bond donors (Lipinski definition) is 3. The van der Waals surface area contributed by atoms with E-state index >= 15 is 0 Å². The van der Waals surface area contributed by atoms with E-state index in [2.05, 4.69) is 15.3 Å². The lowest BCUT2D eigenvalue weighted by Crippen LogP contribution is -2.44. The lowest BCUT2D eigenvalue weighted by molar-refractivity contribution is -0.117. The summed E-state index contributed by atoms with van der Waals surface area (Å²) in [4.78, 5) is 25.6. The number of ether oxygens (including phenoxy) is 1. The van der Waals surface area contributed by atoms with Gasteiger partial charge in [-0.05, 0) is 51.5 Å². The molecule has 3 heterocycles. The average molecular weight is 420 g/mol. The quantitative estimate of drug-likeness (QED) is 0.662. The first-order valence-corrected chi connectivity index (χ1v) is 11.2. The van der Waals surface area contributed by atoms with Crippen molar-refractivity contribution in [3.8, 4) is 0 Å². The number of nitrogens with one attached hydrogen (secondary N) is 2. The molecule has 0 aromatic carbocycles. The summed E-state index contributed by atoms with van der Waals surface area (Å²) in [6.45, 7) is 3.75. The predicted octanol–water partition coefficient (Wildman–Crippen LogP) is 1.87. The Balaban J connectivity index is 1.38. The molecule has 4 rings (SSSR count). The highest BCUT2D eigenvalue weighted by atomic mass is 32.1. The number of hydrogen-bond acceptors (Lipinski definition) is 6. The van der Waals surface area contributed by atoms with E-state index in [-0.39, 0.29) is 24.4 Å². The molecular formula is C20H29N5O3S. The van der Waals surface area contributed by atoms with Crippen LogP contribution in [0.2, 0.25) is 0 Å². The maximum absolute atomic E-state index is 12.8. The van der Waals surface area contributed by atoms with Gasteiger partial charge in [0, 0.05) is 30.7 Å². The van der Waals surface area contributed by atoms with E-state index in [0.29, 0.717) is 12.1 Å². The zero-order chi connectivity index (χ0) is 20.4. The number of aryl methyl sites for hydroxylation is 1. The molecule has 4 N–H and O–H groups in total. The summed E-state index contributed by atoms with van der Waals surface area (Å²) in [5.74, 6) is -0.336. The maximum atomic E-state index is 12.8. The standard InChI is InChI=1S/C20H29N5O3S/c1-12-16-10-17(29-20(16)25(24-12)15-6-8-28-9-7-15)19(27)23-14-4-2-13(3-5-14)22-11-18(21)26/h10,13-15,22H,2-9,11H2,1H3,(H2,21,26)(H,23,27)/t13-,14+. The van der Waals surface area contributed by atoms with E-state index in [1.165, 1.54) is 11.3 Å². The molecule has 29 heavy (non-hydrogen) atoms. The van der Waals surface area contributed by atoms with Crippen LogP contribution in [0.5, 0.6) is 0 Å². The first-order valence-electron chi connectivity index (χ1n) is 10.4. The van der Waals surface area contributed by atoms with Crippen molar-refractivity contribution in [2.75, 3.05) is 19.8 Å². The van der Waals surface area contributed by atoms with Gasteiger partial charge in [0.05, 0.1) is 23.2 Å². The molecule has 2 aromatic rings. The Morgan fingerprint density at radius 1 is 1.21 bits per heavy atom. The molecule has 1 saturated heterocycles. The van der Waals surface area contributed by atoms with Crippen molar-refractivity contribution in [3.05, 3.63) is 16.6 Å². The molecule has 1 aliphatic heterocycles. The van der Waals surface area contributed by atoms with E-state index in [9.17, 15) is 9.59 Å². The van der Waals surface area contributed by atoms with Crippen molar-refractivity contribution < 1.29 is 14.3 Å². The van der Waals surface area contributed by atoms with Crippen LogP contribution in [-0.4, -0.2) is 53.4 Å². The number of carbonyl (C=O) groups excluding carboxylic acids is 2.